The summed E-state index contributed by atoms with van der Waals surface area (Å²) in [7, 11) is 1.38. The summed E-state index contributed by atoms with van der Waals surface area (Å²) in [5.41, 5.74) is 0.806. The molecule has 0 unspecified atom stereocenters. The lowest BCUT2D eigenvalue weighted by atomic mass is 10.0. The highest BCUT2D eigenvalue weighted by molar-refractivity contribution is 9.10. The first-order valence-electron chi connectivity index (χ1n) is 5.25. The van der Waals surface area contributed by atoms with Gasteiger partial charge in [-0.25, -0.2) is 4.39 Å². The fourth-order valence-corrected chi connectivity index (χ4v) is 2.00. The van der Waals surface area contributed by atoms with Gasteiger partial charge in [-0.15, -0.1) is 0 Å². The van der Waals surface area contributed by atoms with Crippen molar-refractivity contribution in [2.45, 2.75) is 0 Å². The smallest absolute Gasteiger partial charge is 0.193 e. The number of hydrogen-bond donors (Lipinski definition) is 0. The predicted molar refractivity (Wildman–Crippen MR) is 70.5 cm³/mol. The predicted octanol–water partition coefficient (Wildman–Crippen LogP) is 3.83. The van der Waals surface area contributed by atoms with E-state index in [-0.39, 0.29) is 11.5 Å². The third-order valence-electron chi connectivity index (χ3n) is 2.50. The maximum atomic E-state index is 13.5. The molecule has 2 aromatic carbocycles. The molecule has 0 radical (unpaired) electrons. The maximum Gasteiger partial charge on any atom is 0.193 e. The molecule has 0 atom stereocenters. The molecule has 0 fully saturated rings. The first kappa shape index (κ1) is 12.8. The highest BCUT2D eigenvalue weighted by Crippen LogP contribution is 2.21. The van der Waals surface area contributed by atoms with Gasteiger partial charge in [0.25, 0.3) is 0 Å². The van der Waals surface area contributed by atoms with Crippen molar-refractivity contribution < 1.29 is 13.9 Å². The van der Waals surface area contributed by atoms with E-state index < -0.39 is 5.82 Å². The Balaban J connectivity index is 2.37. The third-order valence-corrected chi connectivity index (χ3v) is 2.99. The number of rotatable bonds is 3. The van der Waals surface area contributed by atoms with Crippen LogP contribution in [-0.2, 0) is 0 Å². The molecule has 0 heterocycles. The second kappa shape index (κ2) is 5.31. The Labute approximate surface area is 113 Å². The quantitative estimate of drug-likeness (QED) is 0.806. The monoisotopic (exact) mass is 308 g/mol. The molecule has 0 aliphatic heterocycles. The number of ether oxygens (including phenoxy) is 1. The normalized spacial score (nSPS) is 10.2. The average molecular weight is 309 g/mol. The topological polar surface area (TPSA) is 26.3 Å². The highest BCUT2D eigenvalue weighted by atomic mass is 79.9. The van der Waals surface area contributed by atoms with Gasteiger partial charge in [-0.1, -0.05) is 28.1 Å². The lowest BCUT2D eigenvalue weighted by molar-refractivity contribution is 0.103. The van der Waals surface area contributed by atoms with Crippen LogP contribution in [0.15, 0.2) is 46.9 Å². The molecule has 0 aliphatic carbocycles. The molecule has 0 aromatic heterocycles. The maximum absolute atomic E-state index is 13.5. The first-order valence-corrected chi connectivity index (χ1v) is 6.05. The average Bonchev–Trinajstić information content (AvgIpc) is 2.37. The van der Waals surface area contributed by atoms with E-state index in [9.17, 15) is 9.18 Å². The van der Waals surface area contributed by atoms with Gasteiger partial charge in [-0.2, -0.15) is 0 Å². The van der Waals surface area contributed by atoms with Crippen molar-refractivity contribution in [2.24, 2.45) is 0 Å². The molecule has 4 heteroatoms. The number of hydrogen-bond acceptors (Lipinski definition) is 2. The van der Waals surface area contributed by atoms with Crippen LogP contribution in [0.4, 0.5) is 4.39 Å². The Morgan fingerprint density at radius 1 is 1.17 bits per heavy atom. The largest absolute Gasteiger partial charge is 0.494 e. The van der Waals surface area contributed by atoms with Crippen LogP contribution in [0.5, 0.6) is 5.75 Å². The standard InChI is InChI=1S/C14H10BrFO2/c1-18-13-6-5-10(8-12(13)16)14(17)9-3-2-4-11(15)7-9/h2-8H,1H3. The minimum absolute atomic E-state index is 0.126. The number of methoxy groups -OCH3 is 1. The zero-order valence-electron chi connectivity index (χ0n) is 9.61. The summed E-state index contributed by atoms with van der Waals surface area (Å²) >= 11 is 3.29. The van der Waals surface area contributed by atoms with Crippen molar-refractivity contribution in [3.63, 3.8) is 0 Å². The van der Waals surface area contributed by atoms with Gasteiger partial charge >= 0.3 is 0 Å². The Morgan fingerprint density at radius 2 is 1.89 bits per heavy atom. The second-order valence-corrected chi connectivity index (χ2v) is 4.60. The summed E-state index contributed by atoms with van der Waals surface area (Å²) in [5.74, 6) is -0.642. The van der Waals surface area contributed by atoms with Crippen molar-refractivity contribution in [1.29, 1.82) is 0 Å². The number of halogens is 2. The van der Waals surface area contributed by atoms with E-state index >= 15 is 0 Å². The second-order valence-electron chi connectivity index (χ2n) is 3.69. The Bertz CT molecular complexity index is 596. The van der Waals surface area contributed by atoms with Crippen molar-refractivity contribution in [2.75, 3.05) is 7.11 Å². The molecule has 0 saturated carbocycles. The minimum atomic E-state index is -0.543. The van der Waals surface area contributed by atoms with E-state index in [0.29, 0.717) is 11.1 Å². The lowest BCUT2D eigenvalue weighted by Gasteiger charge is -2.05. The molecule has 2 nitrogen and oxygen atoms in total. The van der Waals surface area contributed by atoms with Crippen LogP contribution < -0.4 is 4.74 Å². The summed E-state index contributed by atoms with van der Waals surface area (Å²) in [5, 5.41) is 0. The van der Waals surface area contributed by atoms with Gasteiger partial charge in [-0.05, 0) is 30.3 Å². The van der Waals surface area contributed by atoms with Gasteiger partial charge in [0.15, 0.2) is 17.3 Å². The first-order chi connectivity index (χ1) is 8.61. The molecular weight excluding hydrogens is 299 g/mol. The number of carbonyl (C=O) groups is 1. The zero-order chi connectivity index (χ0) is 13.1. The molecule has 0 spiro atoms. The molecular formula is C14H10BrFO2. The van der Waals surface area contributed by atoms with E-state index in [0.717, 1.165) is 4.47 Å². The molecule has 2 rings (SSSR count). The highest BCUT2D eigenvalue weighted by Gasteiger charge is 2.12. The van der Waals surface area contributed by atoms with E-state index in [1.54, 1.807) is 24.3 Å². The van der Waals surface area contributed by atoms with E-state index in [2.05, 4.69) is 15.9 Å². The van der Waals surface area contributed by atoms with Gasteiger partial charge in [0.2, 0.25) is 0 Å². The molecule has 2 aromatic rings. The van der Waals surface area contributed by atoms with Gasteiger partial charge in [0.05, 0.1) is 7.11 Å². The van der Waals surface area contributed by atoms with Crippen LogP contribution in [0, 0.1) is 5.82 Å². The molecule has 0 saturated heterocycles. The number of ketones is 1. The van der Waals surface area contributed by atoms with Crippen LogP contribution >= 0.6 is 15.9 Å². The number of carbonyl (C=O) groups excluding carboxylic acids is 1. The van der Waals surface area contributed by atoms with Crippen molar-refractivity contribution >= 4 is 21.7 Å². The van der Waals surface area contributed by atoms with Gasteiger partial charge in [0, 0.05) is 15.6 Å². The SMILES string of the molecule is COc1ccc(C(=O)c2cccc(Br)c2)cc1F. The van der Waals surface area contributed by atoms with Crippen LogP contribution in [0.2, 0.25) is 0 Å². The van der Waals surface area contributed by atoms with Crippen LogP contribution in [0.3, 0.4) is 0 Å². The zero-order valence-corrected chi connectivity index (χ0v) is 11.2. The van der Waals surface area contributed by atoms with E-state index in [1.807, 2.05) is 6.07 Å². The van der Waals surface area contributed by atoms with E-state index in [4.69, 9.17) is 4.74 Å². The molecule has 92 valence electrons. The third kappa shape index (κ3) is 2.59. The van der Waals surface area contributed by atoms with Crippen molar-refractivity contribution in [3.8, 4) is 5.75 Å². The van der Waals surface area contributed by atoms with Gasteiger partial charge in [0.1, 0.15) is 0 Å². The summed E-state index contributed by atoms with van der Waals surface area (Å²) in [6.07, 6.45) is 0. The number of benzene rings is 2. The summed E-state index contributed by atoms with van der Waals surface area (Å²) in [6.45, 7) is 0. The Hall–Kier alpha value is -1.68. The van der Waals surface area contributed by atoms with Crippen molar-refractivity contribution in [1.82, 2.24) is 0 Å². The summed E-state index contributed by atoms with van der Waals surface area (Å²) < 4.78 is 19.1. The van der Waals surface area contributed by atoms with Crippen LogP contribution in [-0.4, -0.2) is 12.9 Å². The van der Waals surface area contributed by atoms with Crippen molar-refractivity contribution in [3.05, 3.63) is 63.9 Å². The summed E-state index contributed by atoms with van der Waals surface area (Å²) in [6, 6.07) is 11.1. The molecule has 0 bridgehead atoms. The minimum Gasteiger partial charge on any atom is -0.494 e. The molecule has 0 amide bonds. The van der Waals surface area contributed by atoms with Crippen LogP contribution in [0.25, 0.3) is 0 Å². The molecule has 18 heavy (non-hydrogen) atoms. The van der Waals surface area contributed by atoms with E-state index in [1.165, 1.54) is 19.2 Å². The fraction of sp³-hybridized carbons (Fsp3) is 0.0714. The Kier molecular flexibility index (Phi) is 3.77. The van der Waals surface area contributed by atoms with Crippen LogP contribution in [0.1, 0.15) is 15.9 Å². The van der Waals surface area contributed by atoms with Gasteiger partial charge in [-0.3, -0.25) is 4.79 Å². The molecule has 0 N–H and O–H groups in total. The lowest BCUT2D eigenvalue weighted by Crippen LogP contribution is -2.02. The molecule has 0 aliphatic rings. The Morgan fingerprint density at radius 3 is 2.50 bits per heavy atom. The van der Waals surface area contributed by atoms with Gasteiger partial charge < -0.3 is 4.74 Å². The summed E-state index contributed by atoms with van der Waals surface area (Å²) in [4.78, 5) is 12.1. The fourth-order valence-electron chi connectivity index (χ4n) is 1.60.